The minimum absolute atomic E-state index is 0.0156. The molecule has 0 heterocycles. The third kappa shape index (κ3) is 6.88. The van der Waals surface area contributed by atoms with Gasteiger partial charge in [0.1, 0.15) is 0 Å². The van der Waals surface area contributed by atoms with Crippen molar-refractivity contribution in [3.63, 3.8) is 0 Å². The number of alkyl halides is 3. The molecule has 0 aromatic heterocycles. The number of carbonyl (C=O) groups is 2. The van der Waals surface area contributed by atoms with Gasteiger partial charge in [-0.15, -0.1) is 0 Å². The lowest BCUT2D eigenvalue weighted by Crippen LogP contribution is -2.40. The van der Waals surface area contributed by atoms with E-state index in [1.165, 1.54) is 18.2 Å². The smallest absolute Gasteiger partial charge is 0.346 e. The number of rotatable bonds is 7. The van der Waals surface area contributed by atoms with E-state index in [2.05, 4.69) is 15.4 Å². The number of anilines is 1. The molecule has 3 N–H and O–H groups in total. The average molecular weight is 429 g/mol. The van der Waals surface area contributed by atoms with Gasteiger partial charge in [0.2, 0.25) is 21.8 Å². The Balaban J connectivity index is 1.83. The Bertz CT molecular complexity index is 990. The van der Waals surface area contributed by atoms with Crippen LogP contribution in [0.3, 0.4) is 0 Å². The molecular formula is C18H18F3N3O4S. The Kier molecular flexibility index (Phi) is 6.98. The fraction of sp³-hybridized carbons (Fsp3) is 0.222. The summed E-state index contributed by atoms with van der Waals surface area (Å²) >= 11 is 0. The SMILES string of the molecule is Cc1ccc(S(=O)(=O)NCC(=O)NCC(=O)Nc2cccc(C(F)(F)F)c2)cc1. The van der Waals surface area contributed by atoms with Gasteiger partial charge in [-0.3, -0.25) is 9.59 Å². The van der Waals surface area contributed by atoms with E-state index in [0.29, 0.717) is 0 Å². The van der Waals surface area contributed by atoms with Crippen LogP contribution < -0.4 is 15.4 Å². The van der Waals surface area contributed by atoms with Crippen molar-refractivity contribution in [2.45, 2.75) is 18.0 Å². The van der Waals surface area contributed by atoms with Crippen LogP contribution in [-0.4, -0.2) is 33.3 Å². The molecule has 0 unspecified atom stereocenters. The van der Waals surface area contributed by atoms with Gasteiger partial charge < -0.3 is 10.6 Å². The van der Waals surface area contributed by atoms with Crippen LogP contribution in [0.15, 0.2) is 53.4 Å². The maximum Gasteiger partial charge on any atom is 0.416 e. The van der Waals surface area contributed by atoms with Gasteiger partial charge in [-0.25, -0.2) is 13.1 Å². The Morgan fingerprint density at radius 1 is 0.966 bits per heavy atom. The van der Waals surface area contributed by atoms with Crippen molar-refractivity contribution in [1.82, 2.24) is 10.0 Å². The maximum absolute atomic E-state index is 12.7. The number of sulfonamides is 1. The second kappa shape index (κ2) is 9.05. The molecule has 0 spiro atoms. The predicted octanol–water partition coefficient (Wildman–Crippen LogP) is 2.05. The third-order valence-corrected chi connectivity index (χ3v) is 5.09. The molecule has 0 atom stereocenters. The second-order valence-corrected chi connectivity index (χ2v) is 7.81. The molecule has 7 nitrogen and oxygen atoms in total. The minimum atomic E-state index is -4.55. The summed E-state index contributed by atoms with van der Waals surface area (Å²) in [5.41, 5.74) is -0.141. The average Bonchev–Trinajstić information content (AvgIpc) is 2.65. The van der Waals surface area contributed by atoms with Crippen molar-refractivity contribution >= 4 is 27.5 Å². The fourth-order valence-corrected chi connectivity index (χ4v) is 3.16. The first-order valence-electron chi connectivity index (χ1n) is 8.27. The summed E-state index contributed by atoms with van der Waals surface area (Å²) in [6.07, 6.45) is -4.55. The second-order valence-electron chi connectivity index (χ2n) is 6.04. The van der Waals surface area contributed by atoms with Crippen molar-refractivity contribution in [2.24, 2.45) is 0 Å². The summed E-state index contributed by atoms with van der Waals surface area (Å²) in [4.78, 5) is 23.5. The lowest BCUT2D eigenvalue weighted by molar-refractivity contribution is -0.137. The van der Waals surface area contributed by atoms with E-state index in [0.717, 1.165) is 23.8 Å². The number of benzene rings is 2. The first-order chi connectivity index (χ1) is 13.5. The Labute approximate surface area is 165 Å². The van der Waals surface area contributed by atoms with Crippen molar-refractivity contribution in [1.29, 1.82) is 0 Å². The Hall–Kier alpha value is -2.92. The van der Waals surface area contributed by atoms with E-state index in [-0.39, 0.29) is 10.6 Å². The number of halogens is 3. The molecule has 2 rings (SSSR count). The molecular weight excluding hydrogens is 411 g/mol. The molecule has 29 heavy (non-hydrogen) atoms. The van der Waals surface area contributed by atoms with Crippen molar-refractivity contribution in [2.75, 3.05) is 18.4 Å². The summed E-state index contributed by atoms with van der Waals surface area (Å²) in [6, 6.07) is 10.0. The standard InChI is InChI=1S/C18H18F3N3O4S/c1-12-5-7-15(8-6-12)29(27,28)23-11-16(25)22-10-17(26)24-14-4-2-3-13(9-14)18(19,20)21/h2-9,23H,10-11H2,1H3,(H,22,25)(H,24,26). The summed E-state index contributed by atoms with van der Waals surface area (Å²) in [6.45, 7) is 0.649. The van der Waals surface area contributed by atoms with Gasteiger partial charge in [0, 0.05) is 5.69 Å². The van der Waals surface area contributed by atoms with E-state index in [9.17, 15) is 31.2 Å². The van der Waals surface area contributed by atoms with Crippen LogP contribution in [0.25, 0.3) is 0 Å². The highest BCUT2D eigenvalue weighted by Crippen LogP contribution is 2.30. The molecule has 0 bridgehead atoms. The summed E-state index contributed by atoms with van der Waals surface area (Å²) < 4.78 is 64.2. The van der Waals surface area contributed by atoms with Crippen LogP contribution in [0, 0.1) is 6.92 Å². The molecule has 11 heteroatoms. The molecule has 2 aromatic carbocycles. The molecule has 0 saturated heterocycles. The maximum atomic E-state index is 12.7. The van der Waals surface area contributed by atoms with Crippen LogP contribution >= 0.6 is 0 Å². The van der Waals surface area contributed by atoms with Gasteiger partial charge in [0.05, 0.1) is 23.5 Å². The zero-order valence-corrected chi connectivity index (χ0v) is 16.0. The first kappa shape index (κ1) is 22.4. The first-order valence-corrected chi connectivity index (χ1v) is 9.76. The Morgan fingerprint density at radius 3 is 2.24 bits per heavy atom. The normalized spacial score (nSPS) is 11.7. The van der Waals surface area contributed by atoms with E-state index >= 15 is 0 Å². The number of hydrogen-bond acceptors (Lipinski definition) is 4. The highest BCUT2D eigenvalue weighted by molar-refractivity contribution is 7.89. The largest absolute Gasteiger partial charge is 0.416 e. The molecule has 0 fully saturated rings. The molecule has 0 aliphatic carbocycles. The molecule has 0 radical (unpaired) electrons. The number of aryl methyl sites for hydroxylation is 1. The topological polar surface area (TPSA) is 104 Å². The number of hydrogen-bond donors (Lipinski definition) is 3. The van der Waals surface area contributed by atoms with Crippen LogP contribution in [0.2, 0.25) is 0 Å². The van der Waals surface area contributed by atoms with Gasteiger partial charge in [0.25, 0.3) is 0 Å². The van der Waals surface area contributed by atoms with Gasteiger partial charge in [0.15, 0.2) is 0 Å². The van der Waals surface area contributed by atoms with Crippen molar-refractivity contribution in [3.05, 3.63) is 59.7 Å². The lowest BCUT2D eigenvalue weighted by atomic mass is 10.2. The Morgan fingerprint density at radius 2 is 1.62 bits per heavy atom. The van der Waals surface area contributed by atoms with E-state index < -0.39 is 46.7 Å². The zero-order chi connectivity index (χ0) is 21.7. The monoisotopic (exact) mass is 429 g/mol. The number of amides is 2. The van der Waals surface area contributed by atoms with Crippen molar-refractivity contribution < 1.29 is 31.2 Å². The number of nitrogens with one attached hydrogen (secondary N) is 3. The molecule has 2 amide bonds. The van der Waals surface area contributed by atoms with E-state index in [4.69, 9.17) is 0 Å². The number of carbonyl (C=O) groups excluding carboxylic acids is 2. The minimum Gasteiger partial charge on any atom is -0.346 e. The van der Waals surface area contributed by atoms with Crippen LogP contribution in [0.1, 0.15) is 11.1 Å². The highest BCUT2D eigenvalue weighted by atomic mass is 32.2. The summed E-state index contributed by atoms with van der Waals surface area (Å²) in [7, 11) is -3.90. The van der Waals surface area contributed by atoms with Gasteiger partial charge in [-0.2, -0.15) is 13.2 Å². The van der Waals surface area contributed by atoms with Crippen molar-refractivity contribution in [3.8, 4) is 0 Å². The molecule has 0 saturated carbocycles. The molecule has 156 valence electrons. The molecule has 0 aliphatic heterocycles. The fourth-order valence-electron chi connectivity index (χ4n) is 2.18. The quantitative estimate of drug-likeness (QED) is 0.627. The molecule has 0 aliphatic rings. The zero-order valence-electron chi connectivity index (χ0n) is 15.2. The van der Waals surface area contributed by atoms with E-state index in [1.54, 1.807) is 19.1 Å². The summed E-state index contributed by atoms with van der Waals surface area (Å²) in [5.74, 6) is -1.54. The summed E-state index contributed by atoms with van der Waals surface area (Å²) in [5, 5.41) is 4.40. The van der Waals surface area contributed by atoms with Crippen LogP contribution in [0.4, 0.5) is 18.9 Å². The third-order valence-electron chi connectivity index (χ3n) is 3.67. The highest BCUT2D eigenvalue weighted by Gasteiger charge is 2.30. The lowest BCUT2D eigenvalue weighted by Gasteiger charge is -2.11. The predicted molar refractivity (Wildman–Crippen MR) is 99.5 cm³/mol. The van der Waals surface area contributed by atoms with Crippen LogP contribution in [0.5, 0.6) is 0 Å². The van der Waals surface area contributed by atoms with Gasteiger partial charge in [-0.05, 0) is 37.3 Å². The van der Waals surface area contributed by atoms with E-state index in [1.807, 2.05) is 0 Å². The molecule has 2 aromatic rings. The van der Waals surface area contributed by atoms with Gasteiger partial charge >= 0.3 is 6.18 Å². The van der Waals surface area contributed by atoms with Crippen LogP contribution in [-0.2, 0) is 25.8 Å². The van der Waals surface area contributed by atoms with Gasteiger partial charge in [-0.1, -0.05) is 23.8 Å².